The third-order valence-corrected chi connectivity index (χ3v) is 4.07. The molecule has 2 heterocycles. The van der Waals surface area contributed by atoms with Crippen molar-refractivity contribution >= 4 is 17.7 Å². The van der Waals surface area contributed by atoms with Gasteiger partial charge >= 0.3 is 0 Å². The number of hydrogen-bond acceptors (Lipinski definition) is 3. The van der Waals surface area contributed by atoms with E-state index in [0.29, 0.717) is 11.5 Å². The van der Waals surface area contributed by atoms with E-state index in [1.165, 1.54) is 12.1 Å². The molecule has 0 saturated carbocycles. The van der Waals surface area contributed by atoms with Gasteiger partial charge in [0.15, 0.2) is 5.82 Å². The zero-order valence-corrected chi connectivity index (χ0v) is 14.1. The quantitative estimate of drug-likeness (QED) is 0.494. The highest BCUT2D eigenvalue weighted by Gasteiger charge is 2.13. The molecular weight excluding hydrogens is 329 g/mol. The minimum absolute atomic E-state index is 0.277. The number of nitrogens with zero attached hydrogens (tertiary/aromatic N) is 3. The van der Waals surface area contributed by atoms with Crippen molar-refractivity contribution in [1.29, 1.82) is 0 Å². The molecule has 0 spiro atoms. The van der Waals surface area contributed by atoms with Crippen LogP contribution >= 0.6 is 0 Å². The van der Waals surface area contributed by atoms with Crippen LogP contribution < -0.4 is 4.74 Å². The highest BCUT2D eigenvalue weighted by atomic mass is 19.1. The molecule has 0 aliphatic carbocycles. The van der Waals surface area contributed by atoms with Gasteiger partial charge in [-0.05, 0) is 66.2 Å². The molecule has 0 aliphatic rings. The van der Waals surface area contributed by atoms with Crippen LogP contribution in [0.2, 0.25) is 0 Å². The van der Waals surface area contributed by atoms with Gasteiger partial charge in [0.2, 0.25) is 0 Å². The van der Waals surface area contributed by atoms with Gasteiger partial charge in [-0.15, -0.1) is 0 Å². The molecule has 128 valence electrons. The van der Waals surface area contributed by atoms with E-state index in [4.69, 9.17) is 4.74 Å². The molecule has 2 aromatic heterocycles. The van der Waals surface area contributed by atoms with Crippen LogP contribution in [0, 0.1) is 5.82 Å². The number of halogens is 1. The smallest absolute Gasteiger partial charge is 0.165 e. The van der Waals surface area contributed by atoms with E-state index in [-0.39, 0.29) is 5.82 Å². The summed E-state index contributed by atoms with van der Waals surface area (Å²) in [7, 11) is 1.64. The standard InChI is InChI=1S/C21H16FN3O/c1-26-18-11-5-15(6-12-18)14-23-21-20(16-7-9-17(22)10-8-16)24-19-4-2-3-13-25(19)21/h2-14H,1H3/b23-14+. The summed E-state index contributed by atoms with van der Waals surface area (Å²) in [6.07, 6.45) is 3.69. The summed E-state index contributed by atoms with van der Waals surface area (Å²) in [5.41, 5.74) is 3.26. The lowest BCUT2D eigenvalue weighted by molar-refractivity contribution is 0.415. The van der Waals surface area contributed by atoms with Gasteiger partial charge in [0.1, 0.15) is 22.9 Å². The topological polar surface area (TPSA) is 38.9 Å². The van der Waals surface area contributed by atoms with E-state index in [1.807, 2.05) is 53.1 Å². The third-order valence-electron chi connectivity index (χ3n) is 4.07. The second-order valence-corrected chi connectivity index (χ2v) is 5.75. The Morgan fingerprint density at radius 1 is 1.00 bits per heavy atom. The van der Waals surface area contributed by atoms with Gasteiger partial charge in [-0.25, -0.2) is 14.4 Å². The van der Waals surface area contributed by atoms with Crippen LogP contribution in [-0.4, -0.2) is 22.7 Å². The van der Waals surface area contributed by atoms with E-state index in [0.717, 1.165) is 22.5 Å². The fourth-order valence-corrected chi connectivity index (χ4v) is 2.73. The Morgan fingerprint density at radius 2 is 1.77 bits per heavy atom. The van der Waals surface area contributed by atoms with Crippen molar-refractivity contribution in [3.63, 3.8) is 0 Å². The number of fused-ring (bicyclic) bond motifs is 1. The van der Waals surface area contributed by atoms with Crippen LogP contribution in [0.1, 0.15) is 5.56 Å². The first-order chi connectivity index (χ1) is 12.7. The van der Waals surface area contributed by atoms with Crippen molar-refractivity contribution in [3.8, 4) is 17.0 Å². The van der Waals surface area contributed by atoms with Gasteiger partial charge in [-0.1, -0.05) is 6.07 Å². The number of pyridine rings is 1. The summed E-state index contributed by atoms with van der Waals surface area (Å²) in [6, 6.07) is 19.7. The monoisotopic (exact) mass is 345 g/mol. The van der Waals surface area contributed by atoms with Crippen molar-refractivity contribution in [2.75, 3.05) is 7.11 Å². The molecule has 0 N–H and O–H groups in total. The van der Waals surface area contributed by atoms with Crippen molar-refractivity contribution in [1.82, 2.24) is 9.38 Å². The molecule has 0 atom stereocenters. The van der Waals surface area contributed by atoms with Gasteiger partial charge < -0.3 is 4.74 Å². The normalized spacial score (nSPS) is 11.3. The molecule has 0 amide bonds. The van der Waals surface area contributed by atoms with Crippen molar-refractivity contribution in [2.45, 2.75) is 0 Å². The minimum Gasteiger partial charge on any atom is -0.497 e. The maximum atomic E-state index is 13.3. The number of hydrogen-bond donors (Lipinski definition) is 0. The summed E-state index contributed by atoms with van der Waals surface area (Å²) in [6.45, 7) is 0. The average Bonchev–Trinajstić information content (AvgIpc) is 3.06. The van der Waals surface area contributed by atoms with E-state index >= 15 is 0 Å². The maximum Gasteiger partial charge on any atom is 0.165 e. The SMILES string of the molecule is COc1ccc(/C=N/c2c(-c3ccc(F)cc3)nc3ccccn23)cc1. The number of ether oxygens (including phenoxy) is 1. The Kier molecular flexibility index (Phi) is 4.19. The van der Waals surface area contributed by atoms with E-state index in [9.17, 15) is 4.39 Å². The predicted octanol–water partition coefficient (Wildman–Crippen LogP) is 4.90. The Morgan fingerprint density at radius 3 is 2.50 bits per heavy atom. The van der Waals surface area contributed by atoms with Crippen LogP contribution in [0.4, 0.5) is 10.2 Å². The maximum absolute atomic E-state index is 13.3. The Bertz CT molecular complexity index is 1070. The molecule has 0 aliphatic heterocycles. The molecule has 0 fully saturated rings. The number of benzene rings is 2. The van der Waals surface area contributed by atoms with Gasteiger partial charge in [-0.3, -0.25) is 4.40 Å². The summed E-state index contributed by atoms with van der Waals surface area (Å²) in [4.78, 5) is 9.32. The molecule has 0 unspecified atom stereocenters. The first-order valence-electron chi connectivity index (χ1n) is 8.16. The van der Waals surface area contributed by atoms with Crippen LogP contribution in [0.25, 0.3) is 16.9 Å². The van der Waals surface area contributed by atoms with Crippen LogP contribution in [0.15, 0.2) is 77.9 Å². The Labute approximate surface area is 150 Å². The Balaban J connectivity index is 1.80. The molecule has 4 aromatic rings. The number of aliphatic imine (C=N–C) groups is 1. The van der Waals surface area contributed by atoms with Crippen LogP contribution in [0.5, 0.6) is 5.75 Å². The lowest BCUT2D eigenvalue weighted by atomic mass is 10.1. The number of aromatic nitrogens is 2. The van der Waals surface area contributed by atoms with Gasteiger partial charge in [0.05, 0.1) is 7.11 Å². The van der Waals surface area contributed by atoms with Crippen LogP contribution in [0.3, 0.4) is 0 Å². The molecule has 26 heavy (non-hydrogen) atoms. The van der Waals surface area contributed by atoms with Crippen molar-refractivity contribution in [3.05, 3.63) is 84.3 Å². The molecule has 0 bridgehead atoms. The number of rotatable bonds is 4. The number of imidazole rings is 1. The zero-order valence-electron chi connectivity index (χ0n) is 14.1. The summed E-state index contributed by atoms with van der Waals surface area (Å²) in [5.74, 6) is 1.22. The number of methoxy groups -OCH3 is 1. The average molecular weight is 345 g/mol. The van der Waals surface area contributed by atoms with Crippen LogP contribution in [-0.2, 0) is 0 Å². The largest absolute Gasteiger partial charge is 0.497 e. The van der Waals surface area contributed by atoms with Gasteiger partial charge in [0, 0.05) is 18.0 Å². The van der Waals surface area contributed by atoms with Crippen molar-refractivity contribution in [2.24, 2.45) is 4.99 Å². The highest BCUT2D eigenvalue weighted by Crippen LogP contribution is 2.31. The predicted molar refractivity (Wildman–Crippen MR) is 101 cm³/mol. The summed E-state index contributed by atoms with van der Waals surface area (Å²) in [5, 5.41) is 0. The lowest BCUT2D eigenvalue weighted by Gasteiger charge is -2.01. The third kappa shape index (κ3) is 3.07. The molecule has 2 aromatic carbocycles. The molecule has 0 radical (unpaired) electrons. The fourth-order valence-electron chi connectivity index (χ4n) is 2.73. The van der Waals surface area contributed by atoms with Gasteiger partial charge in [0.25, 0.3) is 0 Å². The minimum atomic E-state index is -0.277. The summed E-state index contributed by atoms with van der Waals surface area (Å²) >= 11 is 0. The zero-order chi connectivity index (χ0) is 17.9. The van der Waals surface area contributed by atoms with E-state index < -0.39 is 0 Å². The molecule has 0 saturated heterocycles. The molecule has 4 nitrogen and oxygen atoms in total. The fraction of sp³-hybridized carbons (Fsp3) is 0.0476. The molecule has 5 heteroatoms. The molecular formula is C21H16FN3O. The molecule has 4 rings (SSSR count). The second-order valence-electron chi connectivity index (χ2n) is 5.75. The highest BCUT2D eigenvalue weighted by molar-refractivity contribution is 5.85. The van der Waals surface area contributed by atoms with Crippen molar-refractivity contribution < 1.29 is 9.13 Å². The van der Waals surface area contributed by atoms with E-state index in [2.05, 4.69) is 9.98 Å². The Hall–Kier alpha value is -3.47. The summed E-state index contributed by atoms with van der Waals surface area (Å²) < 4.78 is 20.4. The lowest BCUT2D eigenvalue weighted by Crippen LogP contribution is -1.86. The second kappa shape index (κ2) is 6.80. The first kappa shape index (κ1) is 16.0. The first-order valence-corrected chi connectivity index (χ1v) is 8.16. The van der Waals surface area contributed by atoms with Gasteiger partial charge in [-0.2, -0.15) is 0 Å². The van der Waals surface area contributed by atoms with E-state index in [1.54, 1.807) is 25.5 Å².